The minimum absolute atomic E-state index is 0.0414. The molecule has 7 nitrogen and oxygen atoms in total. The third-order valence-electron chi connectivity index (χ3n) is 8.42. The summed E-state index contributed by atoms with van der Waals surface area (Å²) in [5, 5.41) is -5.77. The lowest BCUT2D eigenvalue weighted by Gasteiger charge is -2.40. The molecule has 5 rings (SSSR count). The monoisotopic (exact) mass is 698 g/mol. The molecule has 2 aliphatic rings. The summed E-state index contributed by atoms with van der Waals surface area (Å²) >= 11 is 0. The van der Waals surface area contributed by atoms with Crippen molar-refractivity contribution in [3.05, 3.63) is 103 Å². The molecule has 2 aliphatic carbocycles. The molecule has 3 aromatic carbocycles. The second-order valence-electron chi connectivity index (χ2n) is 11.3. The number of ether oxygens (including phenoxy) is 2. The van der Waals surface area contributed by atoms with E-state index < -0.39 is 74.4 Å². The highest BCUT2D eigenvalue weighted by molar-refractivity contribution is 8.33. The summed E-state index contributed by atoms with van der Waals surface area (Å²) in [7, 11) is -10.2. The summed E-state index contributed by atoms with van der Waals surface area (Å²) in [6.45, 7) is 2.15. The Morgan fingerprint density at radius 2 is 1.36 bits per heavy atom. The molecule has 0 aliphatic heterocycles. The van der Waals surface area contributed by atoms with Gasteiger partial charge in [-0.25, -0.2) is 12.8 Å². The Balaban J connectivity index is 1.36. The van der Waals surface area contributed by atoms with Crippen molar-refractivity contribution in [1.29, 1.82) is 0 Å². The second kappa shape index (κ2) is 13.4. The lowest BCUT2D eigenvalue weighted by molar-refractivity contribution is -0.176. The summed E-state index contributed by atoms with van der Waals surface area (Å²) in [4.78, 5) is 24.3. The zero-order valence-corrected chi connectivity index (χ0v) is 26.4. The predicted molar refractivity (Wildman–Crippen MR) is 162 cm³/mol. The van der Waals surface area contributed by atoms with Crippen LogP contribution in [0.1, 0.15) is 25.7 Å². The zero-order chi connectivity index (χ0) is 34.0. The average Bonchev–Trinajstić information content (AvgIpc) is 3.65. The van der Waals surface area contributed by atoms with E-state index in [1.807, 2.05) is 0 Å². The SMILES string of the molecule is C=CC(=O)OC1CC2CC1CC2C(=O)OCCC(F)(F)C(F)(F)S(=O)(=O)OS(c1ccccc1)(c1ccccc1)c1ccc(F)cc1. The smallest absolute Gasteiger partial charge is 0.432 e. The van der Waals surface area contributed by atoms with Gasteiger partial charge in [0.2, 0.25) is 0 Å². The number of alkyl halides is 4. The third kappa shape index (κ3) is 6.68. The van der Waals surface area contributed by atoms with E-state index in [1.165, 1.54) is 48.5 Å². The van der Waals surface area contributed by atoms with Crippen molar-refractivity contribution in [2.24, 2.45) is 17.8 Å². The molecular formula is C33H31F5O7S2. The highest BCUT2D eigenvalue weighted by Crippen LogP contribution is 2.71. The molecule has 0 spiro atoms. The van der Waals surface area contributed by atoms with Gasteiger partial charge in [-0.2, -0.15) is 26.0 Å². The summed E-state index contributed by atoms with van der Waals surface area (Å²) in [6, 6.07) is 19.0. The van der Waals surface area contributed by atoms with Crippen molar-refractivity contribution in [3.63, 3.8) is 0 Å². The van der Waals surface area contributed by atoms with Gasteiger partial charge in [0.1, 0.15) is 11.9 Å². The normalized spacial score (nSPS) is 21.6. The van der Waals surface area contributed by atoms with Crippen molar-refractivity contribution >= 4 is 32.4 Å². The predicted octanol–water partition coefficient (Wildman–Crippen LogP) is 7.67. The molecule has 3 aromatic rings. The van der Waals surface area contributed by atoms with Crippen LogP contribution in [0.3, 0.4) is 0 Å². The maximum Gasteiger partial charge on any atom is 0.432 e. The van der Waals surface area contributed by atoms with E-state index >= 15 is 17.6 Å². The number of esters is 2. The van der Waals surface area contributed by atoms with Gasteiger partial charge in [-0.05, 0) is 89.9 Å². The minimum Gasteiger partial charge on any atom is -0.465 e. The first-order chi connectivity index (χ1) is 22.2. The summed E-state index contributed by atoms with van der Waals surface area (Å²) in [5.41, 5.74) is 0. The summed E-state index contributed by atoms with van der Waals surface area (Å²) in [6.07, 6.45) is -0.0512. The van der Waals surface area contributed by atoms with Gasteiger partial charge in [-0.3, -0.25) is 4.79 Å². The fourth-order valence-corrected chi connectivity index (χ4v) is 11.4. The van der Waals surface area contributed by atoms with Crippen LogP contribution in [-0.4, -0.2) is 44.2 Å². The maximum absolute atomic E-state index is 15.5. The Kier molecular flexibility index (Phi) is 9.86. The van der Waals surface area contributed by atoms with E-state index in [2.05, 4.69) is 6.58 Å². The Morgan fingerprint density at radius 1 is 0.809 bits per heavy atom. The number of hydrogen-bond donors (Lipinski definition) is 0. The van der Waals surface area contributed by atoms with Crippen molar-refractivity contribution in [1.82, 2.24) is 0 Å². The van der Waals surface area contributed by atoms with Gasteiger partial charge in [0.15, 0.2) is 0 Å². The Morgan fingerprint density at radius 3 is 1.87 bits per heavy atom. The fraction of sp³-hybridized carbons (Fsp3) is 0.333. The van der Waals surface area contributed by atoms with Gasteiger partial charge in [-0.15, -0.1) is 0 Å². The first kappa shape index (κ1) is 34.6. The molecule has 0 heterocycles. The lowest BCUT2D eigenvalue weighted by Crippen LogP contribution is -2.48. The molecule has 0 N–H and O–H groups in total. The first-order valence-corrected chi connectivity index (χ1v) is 17.6. The van der Waals surface area contributed by atoms with E-state index in [-0.39, 0.29) is 32.9 Å². The molecular weight excluding hydrogens is 667 g/mol. The molecule has 0 saturated heterocycles. The van der Waals surface area contributed by atoms with Crippen LogP contribution in [0.15, 0.2) is 112 Å². The molecule has 14 heteroatoms. The number of rotatable bonds is 13. The molecule has 2 saturated carbocycles. The summed E-state index contributed by atoms with van der Waals surface area (Å²) in [5.74, 6) is -8.51. The minimum atomic E-state index is -6.45. The van der Waals surface area contributed by atoms with Crippen molar-refractivity contribution < 1.29 is 53.1 Å². The van der Waals surface area contributed by atoms with Crippen LogP contribution in [0.5, 0.6) is 0 Å². The van der Waals surface area contributed by atoms with E-state index in [0.29, 0.717) is 12.8 Å². The van der Waals surface area contributed by atoms with Crippen LogP contribution in [-0.2, 0) is 32.8 Å². The van der Waals surface area contributed by atoms with Gasteiger partial charge in [0.05, 0.1) is 18.9 Å². The van der Waals surface area contributed by atoms with Gasteiger partial charge in [0.25, 0.3) is 0 Å². The molecule has 0 aromatic heterocycles. The van der Waals surface area contributed by atoms with E-state index in [1.54, 1.807) is 12.1 Å². The Hall–Kier alpha value is -3.75. The Bertz CT molecular complexity index is 1660. The van der Waals surface area contributed by atoms with Crippen molar-refractivity contribution in [2.75, 3.05) is 6.61 Å². The summed E-state index contributed by atoms with van der Waals surface area (Å²) < 4.78 is 118. The Labute approximate surface area is 270 Å². The van der Waals surface area contributed by atoms with Crippen molar-refractivity contribution in [3.8, 4) is 0 Å². The second-order valence-corrected chi connectivity index (χ2v) is 15.8. The molecule has 2 bridgehead atoms. The van der Waals surface area contributed by atoms with Crippen molar-refractivity contribution in [2.45, 2.75) is 57.7 Å². The molecule has 4 unspecified atom stereocenters. The van der Waals surface area contributed by atoms with E-state index in [0.717, 1.165) is 30.3 Å². The number of halogens is 5. The van der Waals surface area contributed by atoms with Crippen LogP contribution in [0.4, 0.5) is 22.0 Å². The third-order valence-corrected chi connectivity index (χ3v) is 13.7. The number of hydrogen-bond acceptors (Lipinski definition) is 7. The number of fused-ring (bicyclic) bond motifs is 2. The molecule has 47 heavy (non-hydrogen) atoms. The molecule has 4 atom stereocenters. The molecule has 2 fully saturated rings. The van der Waals surface area contributed by atoms with E-state index in [9.17, 15) is 22.4 Å². The van der Waals surface area contributed by atoms with Gasteiger partial charge in [0, 0.05) is 20.8 Å². The van der Waals surface area contributed by atoms with Crippen LogP contribution < -0.4 is 0 Å². The standard InChI is InChI=1S/C33H31F5O7S2/c1-2-30(39)44-29-21-22-19-23(29)20-28(22)31(40)43-18-17-32(35,36)33(37,38)47(41,42)45-46(25-9-5-3-6-10-25,26-11-7-4-8-12-26)27-15-13-24(34)14-16-27/h2-16,22-23,28-29H,1,17-21H2. The highest BCUT2D eigenvalue weighted by atomic mass is 32.3. The van der Waals surface area contributed by atoms with Gasteiger partial charge >= 0.3 is 33.2 Å². The molecule has 0 amide bonds. The van der Waals surface area contributed by atoms with Crippen LogP contribution >= 0.6 is 10.3 Å². The number of carbonyl (C=O) groups excluding carboxylic acids is 2. The van der Waals surface area contributed by atoms with Crippen LogP contribution in [0, 0.1) is 23.6 Å². The quantitative estimate of drug-likeness (QED) is 0.103. The van der Waals surface area contributed by atoms with Gasteiger partial charge < -0.3 is 9.47 Å². The first-order valence-electron chi connectivity index (χ1n) is 14.6. The van der Waals surface area contributed by atoms with Gasteiger partial charge in [-0.1, -0.05) is 43.0 Å². The van der Waals surface area contributed by atoms with E-state index in [4.69, 9.17) is 13.1 Å². The maximum atomic E-state index is 15.5. The fourth-order valence-electron chi connectivity index (χ4n) is 6.12. The molecule has 252 valence electrons. The largest absolute Gasteiger partial charge is 0.465 e. The lowest BCUT2D eigenvalue weighted by atomic mass is 9.87. The average molecular weight is 699 g/mol. The van der Waals surface area contributed by atoms with Crippen LogP contribution in [0.2, 0.25) is 0 Å². The zero-order valence-electron chi connectivity index (χ0n) is 24.8. The van der Waals surface area contributed by atoms with Crippen LogP contribution in [0.25, 0.3) is 0 Å². The number of carbonyl (C=O) groups is 2. The number of benzene rings is 3. The highest BCUT2D eigenvalue weighted by Gasteiger charge is 2.68. The molecule has 0 radical (unpaired) electrons. The topological polar surface area (TPSA) is 96.0 Å².